The average molecular weight is 525 g/mol. The third-order valence-corrected chi connectivity index (χ3v) is 8.95. The Kier molecular flexibility index (Phi) is 11.8. The Balaban J connectivity index is 1.16. The molecule has 3 aromatic carbocycles. The minimum absolute atomic E-state index is 0.582. The predicted octanol–water partition coefficient (Wildman–Crippen LogP) is 10.3. The summed E-state index contributed by atoms with van der Waals surface area (Å²) in [5, 5.41) is 0. The molecule has 3 aromatic rings. The third-order valence-electron chi connectivity index (χ3n) is 8.95. The van der Waals surface area contributed by atoms with Gasteiger partial charge in [-0.05, 0) is 103 Å². The predicted molar refractivity (Wildman–Crippen MR) is 170 cm³/mol. The van der Waals surface area contributed by atoms with E-state index >= 15 is 0 Å². The number of hydrogen-bond acceptors (Lipinski definition) is 2. The van der Waals surface area contributed by atoms with Gasteiger partial charge < -0.3 is 11.5 Å². The van der Waals surface area contributed by atoms with Crippen LogP contribution < -0.4 is 11.5 Å². The molecule has 0 bridgehead atoms. The molecule has 4 N–H and O–H groups in total. The third kappa shape index (κ3) is 9.45. The second-order valence-electron chi connectivity index (χ2n) is 12.1. The van der Waals surface area contributed by atoms with Gasteiger partial charge in [-0.3, -0.25) is 0 Å². The van der Waals surface area contributed by atoms with Gasteiger partial charge in [0.15, 0.2) is 0 Å². The fourth-order valence-corrected chi connectivity index (χ4v) is 6.56. The van der Waals surface area contributed by atoms with Gasteiger partial charge in [-0.15, -0.1) is 0 Å². The van der Waals surface area contributed by atoms with Crippen LogP contribution in [0.25, 0.3) is 0 Å². The van der Waals surface area contributed by atoms with E-state index in [1.807, 2.05) is 12.1 Å². The van der Waals surface area contributed by atoms with Crippen LogP contribution in [0.2, 0.25) is 0 Å². The first-order valence-electron chi connectivity index (χ1n) is 15.9. The average Bonchev–Trinajstić information content (AvgIpc) is 2.95. The number of nitrogens with two attached hydrogens (primary N) is 2. The van der Waals surface area contributed by atoms with Gasteiger partial charge in [-0.1, -0.05) is 113 Å². The second kappa shape index (κ2) is 15.8. The van der Waals surface area contributed by atoms with Crippen molar-refractivity contribution in [3.05, 3.63) is 94.5 Å². The van der Waals surface area contributed by atoms with Crippen LogP contribution in [-0.4, -0.2) is 0 Å². The maximum Gasteiger partial charge on any atom is 0.0352 e. The van der Waals surface area contributed by atoms with Crippen molar-refractivity contribution in [1.82, 2.24) is 0 Å². The molecule has 0 unspecified atom stereocenters. The highest BCUT2D eigenvalue weighted by atomic mass is 14.6. The highest BCUT2D eigenvalue weighted by molar-refractivity contribution is 5.52. The number of aryl methyl sites for hydroxylation is 1. The minimum atomic E-state index is 0.582. The van der Waals surface area contributed by atoms with Crippen molar-refractivity contribution in [2.75, 3.05) is 11.5 Å². The largest absolute Gasteiger partial charge is 0.399 e. The highest BCUT2D eigenvalue weighted by Crippen LogP contribution is 2.42. The van der Waals surface area contributed by atoms with Crippen molar-refractivity contribution in [1.29, 1.82) is 0 Å². The molecule has 0 heterocycles. The molecule has 210 valence electrons. The molecule has 39 heavy (non-hydrogen) atoms. The lowest BCUT2D eigenvalue weighted by atomic mass is 9.75. The monoisotopic (exact) mass is 524 g/mol. The summed E-state index contributed by atoms with van der Waals surface area (Å²) in [5.41, 5.74) is 21.2. The molecule has 1 aliphatic rings. The Bertz CT molecular complexity index is 1110. The van der Waals surface area contributed by atoms with Crippen molar-refractivity contribution in [3.63, 3.8) is 0 Å². The van der Waals surface area contributed by atoms with Gasteiger partial charge in [-0.25, -0.2) is 0 Å². The molecule has 1 aliphatic carbocycles. The Labute approximate surface area is 238 Å². The molecule has 0 aliphatic heterocycles. The molecule has 0 amide bonds. The smallest absolute Gasteiger partial charge is 0.0352 e. The normalized spacial score (nSPS) is 17.4. The van der Waals surface area contributed by atoms with Crippen LogP contribution >= 0.6 is 0 Å². The Morgan fingerprint density at radius 2 is 1.18 bits per heavy atom. The standard InChI is InChI=1S/C37H52N2/c1-2-3-4-5-6-7-8-9-10-11-13-29-16-19-32(20-17-29)33-21-23-34(24-22-33)36-25-18-31(28-37(36)39)26-30-14-12-15-35(38)27-30/h12,14-20,25,27-28,33-34H,2-11,13,21-24,26,38-39H2,1H3. The summed E-state index contributed by atoms with van der Waals surface area (Å²) in [5.74, 6) is 1.27. The summed E-state index contributed by atoms with van der Waals surface area (Å²) in [6.07, 6.45) is 21.1. The topological polar surface area (TPSA) is 52.0 Å². The molecular weight excluding hydrogens is 472 g/mol. The molecule has 0 atom stereocenters. The van der Waals surface area contributed by atoms with E-state index in [-0.39, 0.29) is 0 Å². The summed E-state index contributed by atoms with van der Waals surface area (Å²) in [6.45, 7) is 2.29. The molecule has 1 saturated carbocycles. The van der Waals surface area contributed by atoms with Gasteiger partial charge in [0.05, 0.1) is 0 Å². The molecule has 2 nitrogen and oxygen atoms in total. The first kappa shape index (κ1) is 29.2. The molecule has 0 spiro atoms. The van der Waals surface area contributed by atoms with E-state index < -0.39 is 0 Å². The number of benzene rings is 3. The SMILES string of the molecule is CCCCCCCCCCCCc1ccc(C2CCC(c3ccc(Cc4cccc(N)c4)cc3N)CC2)cc1. The summed E-state index contributed by atoms with van der Waals surface area (Å²) in [7, 11) is 0. The van der Waals surface area contributed by atoms with Gasteiger partial charge >= 0.3 is 0 Å². The van der Waals surface area contributed by atoms with Crippen LogP contribution in [0.4, 0.5) is 11.4 Å². The van der Waals surface area contributed by atoms with Gasteiger partial charge in [0.1, 0.15) is 0 Å². The summed E-state index contributed by atoms with van der Waals surface area (Å²) in [6, 6.07) is 24.5. The van der Waals surface area contributed by atoms with Crippen LogP contribution in [-0.2, 0) is 12.8 Å². The zero-order chi connectivity index (χ0) is 27.3. The summed E-state index contributed by atoms with van der Waals surface area (Å²) >= 11 is 0. The zero-order valence-electron chi connectivity index (χ0n) is 24.5. The van der Waals surface area contributed by atoms with E-state index in [4.69, 9.17) is 11.5 Å². The lowest BCUT2D eigenvalue weighted by Gasteiger charge is -2.30. The molecular formula is C37H52N2. The zero-order valence-corrected chi connectivity index (χ0v) is 24.5. The van der Waals surface area contributed by atoms with E-state index in [1.165, 1.54) is 124 Å². The van der Waals surface area contributed by atoms with E-state index in [9.17, 15) is 0 Å². The molecule has 0 aromatic heterocycles. The Morgan fingerprint density at radius 3 is 1.82 bits per heavy atom. The number of unbranched alkanes of at least 4 members (excludes halogenated alkanes) is 9. The van der Waals surface area contributed by atoms with Crippen LogP contribution in [0, 0.1) is 0 Å². The fourth-order valence-electron chi connectivity index (χ4n) is 6.56. The van der Waals surface area contributed by atoms with E-state index in [2.05, 4.69) is 61.5 Å². The summed E-state index contributed by atoms with van der Waals surface area (Å²) < 4.78 is 0. The van der Waals surface area contributed by atoms with E-state index in [0.717, 1.165) is 17.8 Å². The Hall–Kier alpha value is -2.74. The number of anilines is 2. The van der Waals surface area contributed by atoms with Gasteiger partial charge in [-0.2, -0.15) is 0 Å². The first-order chi connectivity index (χ1) is 19.1. The Morgan fingerprint density at radius 1 is 0.590 bits per heavy atom. The van der Waals surface area contributed by atoms with Gasteiger partial charge in [0.25, 0.3) is 0 Å². The highest BCUT2D eigenvalue weighted by Gasteiger charge is 2.24. The van der Waals surface area contributed by atoms with Crippen molar-refractivity contribution >= 4 is 11.4 Å². The maximum absolute atomic E-state index is 6.57. The van der Waals surface area contributed by atoms with Crippen LogP contribution in [0.3, 0.4) is 0 Å². The molecule has 4 rings (SSSR count). The van der Waals surface area contributed by atoms with Crippen LogP contribution in [0.5, 0.6) is 0 Å². The summed E-state index contributed by atoms with van der Waals surface area (Å²) in [4.78, 5) is 0. The van der Waals surface area contributed by atoms with Crippen molar-refractivity contribution in [2.45, 2.75) is 121 Å². The lowest BCUT2D eigenvalue weighted by Crippen LogP contribution is -2.13. The molecule has 0 saturated heterocycles. The van der Waals surface area contributed by atoms with Gasteiger partial charge in [0, 0.05) is 11.4 Å². The van der Waals surface area contributed by atoms with Gasteiger partial charge in [0.2, 0.25) is 0 Å². The number of rotatable bonds is 15. The minimum Gasteiger partial charge on any atom is -0.399 e. The second-order valence-corrected chi connectivity index (χ2v) is 12.1. The number of hydrogen-bond donors (Lipinski definition) is 2. The van der Waals surface area contributed by atoms with Crippen molar-refractivity contribution < 1.29 is 0 Å². The van der Waals surface area contributed by atoms with E-state index in [1.54, 1.807) is 0 Å². The molecule has 1 fully saturated rings. The fraction of sp³-hybridized carbons (Fsp3) is 0.514. The number of nitrogen functional groups attached to an aromatic ring is 2. The van der Waals surface area contributed by atoms with Crippen LogP contribution in [0.15, 0.2) is 66.7 Å². The quantitative estimate of drug-likeness (QED) is 0.153. The van der Waals surface area contributed by atoms with Crippen molar-refractivity contribution in [2.24, 2.45) is 0 Å². The maximum atomic E-state index is 6.57. The van der Waals surface area contributed by atoms with Crippen molar-refractivity contribution in [3.8, 4) is 0 Å². The van der Waals surface area contributed by atoms with Crippen LogP contribution in [0.1, 0.15) is 136 Å². The molecule has 0 radical (unpaired) electrons. The van der Waals surface area contributed by atoms with E-state index in [0.29, 0.717) is 11.8 Å². The molecule has 2 heteroatoms. The first-order valence-corrected chi connectivity index (χ1v) is 15.9. The lowest BCUT2D eigenvalue weighted by molar-refractivity contribution is 0.397.